The van der Waals surface area contributed by atoms with E-state index in [9.17, 15) is 0 Å². The zero-order valence-electron chi connectivity index (χ0n) is 12.6. The van der Waals surface area contributed by atoms with Gasteiger partial charge in [0.2, 0.25) is 0 Å². The molecule has 114 valence electrons. The highest BCUT2D eigenvalue weighted by atomic mass is 35.5. The Balaban J connectivity index is 1.78. The average Bonchev–Trinajstić information content (AvgIpc) is 2.77. The Morgan fingerprint density at radius 1 is 1.00 bits per heavy atom. The molecule has 0 aliphatic carbocycles. The number of benzene rings is 2. The Labute approximate surface area is 141 Å². The van der Waals surface area contributed by atoms with Gasteiger partial charge in [-0.05, 0) is 54.5 Å². The lowest BCUT2D eigenvalue weighted by atomic mass is 10.0. The lowest BCUT2D eigenvalue weighted by Gasteiger charge is -2.22. The Bertz CT molecular complexity index is 640. The lowest BCUT2D eigenvalue weighted by molar-refractivity contribution is 0.447. The smallest absolute Gasteiger partial charge is 0.164 e. The van der Waals surface area contributed by atoms with Crippen LogP contribution in [0.5, 0.6) is 0 Å². The van der Waals surface area contributed by atoms with Gasteiger partial charge in [0.05, 0.1) is 5.69 Å². The van der Waals surface area contributed by atoms with Crippen LogP contribution < -0.4 is 0 Å². The van der Waals surface area contributed by atoms with E-state index in [0.717, 1.165) is 41.8 Å². The molecule has 3 rings (SSSR count). The first kappa shape index (κ1) is 15.4. The quantitative estimate of drug-likeness (QED) is 0.552. The lowest BCUT2D eigenvalue weighted by Crippen LogP contribution is -2.31. The Kier molecular flexibility index (Phi) is 5.06. The van der Waals surface area contributed by atoms with E-state index >= 15 is 0 Å². The normalized spacial score (nSPS) is 15.4. The van der Waals surface area contributed by atoms with E-state index in [1.807, 2.05) is 24.3 Å². The van der Waals surface area contributed by atoms with E-state index in [0.29, 0.717) is 0 Å². The summed E-state index contributed by atoms with van der Waals surface area (Å²) in [6.07, 6.45) is 4.25. The number of thioether (sulfide) groups is 1. The highest BCUT2D eigenvalue weighted by Gasteiger charge is 2.16. The molecule has 1 heterocycles. The van der Waals surface area contributed by atoms with E-state index in [1.54, 1.807) is 11.8 Å². The zero-order chi connectivity index (χ0) is 15.4. The molecule has 0 saturated heterocycles. The summed E-state index contributed by atoms with van der Waals surface area (Å²) in [5.74, 6) is 0. The summed E-state index contributed by atoms with van der Waals surface area (Å²) in [5.41, 5.74) is 3.89. The first-order chi connectivity index (χ1) is 10.8. The summed E-state index contributed by atoms with van der Waals surface area (Å²) in [4.78, 5) is 7.18. The molecular weight excluding hydrogens is 312 g/mol. The predicted molar refractivity (Wildman–Crippen MR) is 97.5 cm³/mol. The molecule has 2 aromatic carbocycles. The van der Waals surface area contributed by atoms with Crippen LogP contribution >= 0.6 is 23.4 Å². The van der Waals surface area contributed by atoms with Crippen molar-refractivity contribution in [2.45, 2.75) is 12.8 Å². The van der Waals surface area contributed by atoms with Gasteiger partial charge in [0.25, 0.3) is 0 Å². The molecule has 4 heteroatoms. The zero-order valence-corrected chi connectivity index (χ0v) is 14.2. The third-order valence-corrected chi connectivity index (χ3v) is 4.89. The van der Waals surface area contributed by atoms with Crippen molar-refractivity contribution in [3.05, 3.63) is 64.7 Å². The number of nitrogens with zero attached hydrogens (tertiary/aromatic N) is 2. The highest BCUT2D eigenvalue weighted by Crippen LogP contribution is 2.22. The first-order valence-corrected chi connectivity index (χ1v) is 9.06. The molecule has 0 atom stereocenters. The predicted octanol–water partition coefficient (Wildman–Crippen LogP) is 4.79. The van der Waals surface area contributed by atoms with Gasteiger partial charge in [-0.25, -0.2) is 4.99 Å². The van der Waals surface area contributed by atoms with Gasteiger partial charge in [-0.15, -0.1) is 0 Å². The fourth-order valence-corrected chi connectivity index (χ4v) is 3.49. The van der Waals surface area contributed by atoms with Crippen molar-refractivity contribution in [2.24, 2.45) is 4.99 Å². The van der Waals surface area contributed by atoms with Crippen LogP contribution in [0.15, 0.2) is 53.5 Å². The molecule has 0 unspecified atom stereocenters. The molecule has 0 radical (unpaired) electrons. The van der Waals surface area contributed by atoms with Crippen LogP contribution in [0, 0.1) is 0 Å². The molecular formula is C18H19ClN2S. The van der Waals surface area contributed by atoms with E-state index in [1.165, 1.54) is 11.1 Å². The fraction of sp³-hybridized carbons (Fsp3) is 0.278. The van der Waals surface area contributed by atoms with Crippen molar-refractivity contribution in [3.63, 3.8) is 0 Å². The molecule has 22 heavy (non-hydrogen) atoms. The number of halogens is 1. The number of hydrogen-bond donors (Lipinski definition) is 0. The molecule has 0 bridgehead atoms. The number of rotatable bonds is 1. The van der Waals surface area contributed by atoms with Crippen LogP contribution in [0.2, 0.25) is 5.02 Å². The number of hydrogen-bond acceptors (Lipinski definition) is 2. The van der Waals surface area contributed by atoms with Crippen LogP contribution in [-0.2, 0) is 12.8 Å². The topological polar surface area (TPSA) is 15.6 Å². The van der Waals surface area contributed by atoms with Crippen molar-refractivity contribution in [3.8, 4) is 0 Å². The van der Waals surface area contributed by atoms with Crippen molar-refractivity contribution in [1.29, 1.82) is 0 Å². The molecule has 1 aliphatic heterocycles. The van der Waals surface area contributed by atoms with Gasteiger partial charge in [-0.1, -0.05) is 47.6 Å². The van der Waals surface area contributed by atoms with Gasteiger partial charge in [0.1, 0.15) is 0 Å². The highest BCUT2D eigenvalue weighted by molar-refractivity contribution is 8.13. The number of aliphatic imine (C=N–C) groups is 1. The van der Waals surface area contributed by atoms with Gasteiger partial charge in [0, 0.05) is 18.1 Å². The number of fused-ring (bicyclic) bond motifs is 1. The van der Waals surface area contributed by atoms with Crippen molar-refractivity contribution >= 4 is 34.2 Å². The van der Waals surface area contributed by atoms with Crippen LogP contribution in [-0.4, -0.2) is 29.4 Å². The molecule has 0 saturated carbocycles. The summed E-state index contributed by atoms with van der Waals surface area (Å²) >= 11 is 7.65. The molecule has 0 aromatic heterocycles. The van der Waals surface area contributed by atoms with Crippen LogP contribution in [0.3, 0.4) is 0 Å². The second kappa shape index (κ2) is 7.21. The van der Waals surface area contributed by atoms with Crippen LogP contribution in [0.4, 0.5) is 5.69 Å². The monoisotopic (exact) mass is 330 g/mol. The van der Waals surface area contributed by atoms with Gasteiger partial charge >= 0.3 is 0 Å². The second-order valence-electron chi connectivity index (χ2n) is 5.33. The summed E-state index contributed by atoms with van der Waals surface area (Å²) in [6, 6.07) is 16.4. The van der Waals surface area contributed by atoms with E-state index < -0.39 is 0 Å². The molecule has 1 aliphatic rings. The van der Waals surface area contributed by atoms with E-state index in [2.05, 4.69) is 35.4 Å². The second-order valence-corrected chi connectivity index (χ2v) is 6.54. The maximum atomic E-state index is 5.94. The first-order valence-electron chi connectivity index (χ1n) is 7.46. The van der Waals surface area contributed by atoms with Crippen LogP contribution in [0.25, 0.3) is 0 Å². The van der Waals surface area contributed by atoms with Gasteiger partial charge in [-0.2, -0.15) is 0 Å². The van der Waals surface area contributed by atoms with Crippen molar-refractivity contribution in [2.75, 3.05) is 19.3 Å². The van der Waals surface area contributed by atoms with Crippen molar-refractivity contribution < 1.29 is 0 Å². The Morgan fingerprint density at radius 3 is 2.14 bits per heavy atom. The minimum atomic E-state index is 0.745. The summed E-state index contributed by atoms with van der Waals surface area (Å²) in [6.45, 7) is 2.04. The Morgan fingerprint density at radius 2 is 1.59 bits per heavy atom. The number of amidine groups is 1. The summed E-state index contributed by atoms with van der Waals surface area (Å²) in [7, 11) is 0. The van der Waals surface area contributed by atoms with Gasteiger partial charge in [-0.3, -0.25) is 0 Å². The molecule has 0 N–H and O–H groups in total. The van der Waals surface area contributed by atoms with Gasteiger partial charge in [0.15, 0.2) is 5.17 Å². The maximum Gasteiger partial charge on any atom is 0.164 e. The Hall–Kier alpha value is -1.45. The minimum absolute atomic E-state index is 0.745. The largest absolute Gasteiger partial charge is 0.351 e. The minimum Gasteiger partial charge on any atom is -0.351 e. The third kappa shape index (κ3) is 3.65. The maximum absolute atomic E-state index is 5.94. The molecule has 2 aromatic rings. The third-order valence-electron chi connectivity index (χ3n) is 3.92. The molecule has 0 spiro atoms. The van der Waals surface area contributed by atoms with Gasteiger partial charge < -0.3 is 4.90 Å². The fourth-order valence-electron chi connectivity index (χ4n) is 2.73. The van der Waals surface area contributed by atoms with E-state index in [-0.39, 0.29) is 0 Å². The average molecular weight is 331 g/mol. The summed E-state index contributed by atoms with van der Waals surface area (Å²) in [5, 5.41) is 1.82. The summed E-state index contributed by atoms with van der Waals surface area (Å²) < 4.78 is 0. The standard InChI is InChI=1S/C18H19ClN2S/c1-22-18(20-17-8-6-16(19)7-9-17)21-12-10-14-4-2-3-5-15(14)11-13-21/h2-9H,10-13H2,1H3/b20-18+. The van der Waals surface area contributed by atoms with E-state index in [4.69, 9.17) is 16.6 Å². The SMILES string of the molecule is CS/C(=N/c1ccc(Cl)cc1)N1CCc2ccccc2CC1. The van der Waals surface area contributed by atoms with Crippen molar-refractivity contribution in [1.82, 2.24) is 4.90 Å². The molecule has 0 amide bonds. The molecule has 2 nitrogen and oxygen atoms in total. The molecule has 0 fully saturated rings. The van der Waals surface area contributed by atoms with Crippen LogP contribution in [0.1, 0.15) is 11.1 Å².